The second-order valence-corrected chi connectivity index (χ2v) is 20.2. The van der Waals surface area contributed by atoms with Gasteiger partial charge in [0.25, 0.3) is 0 Å². The molecule has 0 amide bonds. The van der Waals surface area contributed by atoms with Gasteiger partial charge in [-0.25, -0.2) is 0 Å². The number of ether oxygens (including phenoxy) is 3. The first kappa shape index (κ1) is 69.3. The first-order valence-corrected chi connectivity index (χ1v) is 30.7. The molecule has 6 heteroatoms. The van der Waals surface area contributed by atoms with Crippen LogP contribution in [0.3, 0.4) is 0 Å². The van der Waals surface area contributed by atoms with E-state index in [0.717, 1.165) is 122 Å². The van der Waals surface area contributed by atoms with Gasteiger partial charge in [-0.3, -0.25) is 14.4 Å². The number of rotatable bonds is 55. The van der Waals surface area contributed by atoms with Gasteiger partial charge in [0, 0.05) is 19.3 Å². The zero-order valence-electron chi connectivity index (χ0n) is 47.9. The third-order valence-electron chi connectivity index (χ3n) is 13.1. The van der Waals surface area contributed by atoms with Crippen LogP contribution in [0.15, 0.2) is 97.2 Å². The Morgan fingerprint density at radius 1 is 0.288 bits per heavy atom. The number of esters is 3. The molecule has 0 rings (SSSR count). The number of carbonyl (C=O) groups excluding carboxylic acids is 3. The largest absolute Gasteiger partial charge is 0.462 e. The number of carbonyl (C=O) groups is 3. The van der Waals surface area contributed by atoms with Crippen molar-refractivity contribution in [3.05, 3.63) is 97.2 Å². The molecular weight excluding hydrogens is 901 g/mol. The number of unbranched alkanes of at least 4 members (excludes halogenated alkanes) is 28. The fourth-order valence-electron chi connectivity index (χ4n) is 8.48. The third-order valence-corrected chi connectivity index (χ3v) is 13.1. The summed E-state index contributed by atoms with van der Waals surface area (Å²) in [6.45, 7) is 6.48. The van der Waals surface area contributed by atoms with E-state index in [9.17, 15) is 14.4 Å². The Kier molecular flexibility index (Phi) is 57.8. The van der Waals surface area contributed by atoms with Gasteiger partial charge < -0.3 is 14.2 Å². The average molecular weight is 1020 g/mol. The van der Waals surface area contributed by atoms with E-state index < -0.39 is 6.10 Å². The van der Waals surface area contributed by atoms with Crippen molar-refractivity contribution in [2.45, 2.75) is 297 Å². The van der Waals surface area contributed by atoms with Crippen molar-refractivity contribution in [2.24, 2.45) is 0 Å². The smallest absolute Gasteiger partial charge is 0.306 e. The van der Waals surface area contributed by atoms with Crippen LogP contribution >= 0.6 is 0 Å². The molecule has 0 aliphatic carbocycles. The maximum absolute atomic E-state index is 12.9. The predicted octanol–water partition coefficient (Wildman–Crippen LogP) is 20.9. The first-order chi connectivity index (χ1) is 36.0. The summed E-state index contributed by atoms with van der Waals surface area (Å²) in [6, 6.07) is 0. The molecule has 0 heterocycles. The van der Waals surface area contributed by atoms with E-state index in [-0.39, 0.29) is 37.5 Å². The summed E-state index contributed by atoms with van der Waals surface area (Å²) in [7, 11) is 0. The molecule has 0 bridgehead atoms. The van der Waals surface area contributed by atoms with Gasteiger partial charge >= 0.3 is 17.9 Å². The van der Waals surface area contributed by atoms with Crippen LogP contribution in [0.25, 0.3) is 0 Å². The van der Waals surface area contributed by atoms with E-state index in [1.54, 1.807) is 0 Å². The van der Waals surface area contributed by atoms with E-state index in [1.807, 2.05) is 0 Å². The Balaban J connectivity index is 4.47. The molecule has 0 unspecified atom stereocenters. The Bertz CT molecular complexity index is 1440. The van der Waals surface area contributed by atoms with E-state index in [0.29, 0.717) is 12.8 Å². The van der Waals surface area contributed by atoms with Crippen molar-refractivity contribution in [3.8, 4) is 0 Å². The van der Waals surface area contributed by atoms with Crippen LogP contribution in [-0.2, 0) is 28.6 Å². The van der Waals surface area contributed by atoms with Crippen molar-refractivity contribution in [2.75, 3.05) is 13.2 Å². The maximum atomic E-state index is 12.9. The van der Waals surface area contributed by atoms with Crippen molar-refractivity contribution < 1.29 is 28.6 Å². The Morgan fingerprint density at radius 3 is 0.877 bits per heavy atom. The van der Waals surface area contributed by atoms with Crippen LogP contribution in [0.1, 0.15) is 290 Å². The molecule has 0 saturated heterocycles. The minimum Gasteiger partial charge on any atom is -0.462 e. The van der Waals surface area contributed by atoms with Gasteiger partial charge in [0.2, 0.25) is 0 Å². The molecule has 0 radical (unpaired) electrons. The highest BCUT2D eigenvalue weighted by molar-refractivity contribution is 5.71. The second kappa shape index (κ2) is 60.9. The summed E-state index contributed by atoms with van der Waals surface area (Å²) in [6.07, 6.45) is 81.2. The highest BCUT2D eigenvalue weighted by Crippen LogP contribution is 2.16. The lowest BCUT2D eigenvalue weighted by Crippen LogP contribution is -2.30. The first-order valence-electron chi connectivity index (χ1n) is 30.7. The molecule has 0 aliphatic rings. The van der Waals surface area contributed by atoms with Crippen molar-refractivity contribution >= 4 is 17.9 Å². The maximum Gasteiger partial charge on any atom is 0.306 e. The van der Waals surface area contributed by atoms with E-state index >= 15 is 0 Å². The normalized spacial score (nSPS) is 12.8. The van der Waals surface area contributed by atoms with Gasteiger partial charge in [-0.1, -0.05) is 266 Å². The SMILES string of the molecule is CC/C=C\C/C=C\C/C=C\C/C=C\CCCCCCC(=O)OC[C@H](COC(=O)CCCCCCCCCCCCCCCCCCCCC)OC(=O)CCCCC/C=C\C/C=C\C/C=C\C/C=C\CCCCC. The molecule has 73 heavy (non-hydrogen) atoms. The zero-order chi connectivity index (χ0) is 52.9. The van der Waals surface area contributed by atoms with E-state index in [2.05, 4.69) is 118 Å². The van der Waals surface area contributed by atoms with Crippen LogP contribution in [0, 0.1) is 0 Å². The highest BCUT2D eigenvalue weighted by atomic mass is 16.6. The minimum absolute atomic E-state index is 0.0969. The molecule has 0 saturated carbocycles. The van der Waals surface area contributed by atoms with Crippen LogP contribution in [-0.4, -0.2) is 37.2 Å². The van der Waals surface area contributed by atoms with Gasteiger partial charge in [0.05, 0.1) is 0 Å². The molecule has 0 fully saturated rings. The highest BCUT2D eigenvalue weighted by Gasteiger charge is 2.19. The minimum atomic E-state index is -0.805. The van der Waals surface area contributed by atoms with E-state index in [4.69, 9.17) is 14.2 Å². The monoisotopic (exact) mass is 1010 g/mol. The lowest BCUT2D eigenvalue weighted by atomic mass is 10.0. The number of hydrogen-bond donors (Lipinski definition) is 0. The topological polar surface area (TPSA) is 78.9 Å². The molecule has 6 nitrogen and oxygen atoms in total. The van der Waals surface area contributed by atoms with Crippen LogP contribution < -0.4 is 0 Å². The van der Waals surface area contributed by atoms with Crippen LogP contribution in [0.2, 0.25) is 0 Å². The summed E-state index contributed by atoms with van der Waals surface area (Å²) >= 11 is 0. The molecule has 0 aliphatic heterocycles. The lowest BCUT2D eigenvalue weighted by molar-refractivity contribution is -0.167. The predicted molar refractivity (Wildman–Crippen MR) is 316 cm³/mol. The lowest BCUT2D eigenvalue weighted by Gasteiger charge is -2.18. The van der Waals surface area contributed by atoms with Gasteiger partial charge in [-0.15, -0.1) is 0 Å². The van der Waals surface area contributed by atoms with Gasteiger partial charge in [0.15, 0.2) is 6.10 Å². The molecule has 0 aromatic heterocycles. The number of hydrogen-bond acceptors (Lipinski definition) is 6. The molecule has 1 atom stereocenters. The second-order valence-electron chi connectivity index (χ2n) is 20.2. The molecule has 0 N–H and O–H groups in total. The van der Waals surface area contributed by atoms with E-state index in [1.165, 1.54) is 128 Å². The Hall–Kier alpha value is -3.67. The fraction of sp³-hybridized carbons (Fsp3) is 0.716. The molecule has 0 aromatic carbocycles. The Labute approximate surface area is 451 Å². The van der Waals surface area contributed by atoms with Gasteiger partial charge in [0.1, 0.15) is 13.2 Å². The van der Waals surface area contributed by atoms with Crippen molar-refractivity contribution in [1.29, 1.82) is 0 Å². The third kappa shape index (κ3) is 59.1. The van der Waals surface area contributed by atoms with Crippen molar-refractivity contribution in [3.63, 3.8) is 0 Å². The van der Waals surface area contributed by atoms with Crippen molar-refractivity contribution in [1.82, 2.24) is 0 Å². The van der Waals surface area contributed by atoms with Gasteiger partial charge in [-0.05, 0) is 103 Å². The fourth-order valence-corrected chi connectivity index (χ4v) is 8.48. The number of allylic oxidation sites excluding steroid dienone is 16. The summed E-state index contributed by atoms with van der Waals surface area (Å²) in [5.74, 6) is -0.944. The van der Waals surface area contributed by atoms with Crippen LogP contribution in [0.5, 0.6) is 0 Å². The summed E-state index contributed by atoms with van der Waals surface area (Å²) in [5, 5.41) is 0. The molecular formula is C67H114O6. The zero-order valence-corrected chi connectivity index (χ0v) is 47.9. The average Bonchev–Trinajstić information content (AvgIpc) is 3.39. The standard InChI is InChI=1S/C67H114O6/c1-4-7-10-13-16-19-22-25-28-31-33-36-39-42-45-48-51-54-57-60-66(69)72-63-64(62-71-65(68)59-56-53-50-47-44-41-38-35-30-27-24-21-18-15-12-9-6-3)73-67(70)61-58-55-52-49-46-43-40-37-34-32-29-26-23-20-17-14-11-8-5-2/h9,12,17-18,20-21,26-27,29-30,34,37-38,41,43,46,64H,4-8,10-11,13-16,19,22-25,28,31-33,35-36,39-40,42,44-45,47-63H2,1-3H3/b12-9-,20-17-,21-18-,29-26-,30-27-,37-34-,41-38-,46-43-/t64-/m1/s1. The summed E-state index contributed by atoms with van der Waals surface area (Å²) < 4.78 is 16.9. The Morgan fingerprint density at radius 2 is 0.534 bits per heavy atom. The van der Waals surface area contributed by atoms with Gasteiger partial charge in [-0.2, -0.15) is 0 Å². The summed E-state index contributed by atoms with van der Waals surface area (Å²) in [5.41, 5.74) is 0. The molecule has 418 valence electrons. The van der Waals surface area contributed by atoms with Crippen LogP contribution in [0.4, 0.5) is 0 Å². The molecule has 0 aromatic rings. The quantitative estimate of drug-likeness (QED) is 0.0261. The summed E-state index contributed by atoms with van der Waals surface area (Å²) in [4.78, 5) is 38.3. The molecule has 0 spiro atoms.